The van der Waals surface area contributed by atoms with Gasteiger partial charge in [-0.3, -0.25) is 14.3 Å². The number of hydrogen-bond donors (Lipinski definition) is 2. The van der Waals surface area contributed by atoms with Crippen LogP contribution in [-0.4, -0.2) is 39.6 Å². The fraction of sp³-hybridized carbons (Fsp3) is 0.636. The average molecular weight is 254 g/mol. The summed E-state index contributed by atoms with van der Waals surface area (Å²) in [5, 5.41) is 9.33. The molecule has 0 radical (unpaired) electrons. The summed E-state index contributed by atoms with van der Waals surface area (Å²) in [5.74, 6) is 0. The fourth-order valence-electron chi connectivity index (χ4n) is 2.50. The van der Waals surface area contributed by atoms with Crippen molar-refractivity contribution >= 4 is 0 Å². The molecule has 0 aliphatic carbocycles. The van der Waals surface area contributed by atoms with Crippen molar-refractivity contribution in [3.05, 3.63) is 32.6 Å². The third-order valence-corrected chi connectivity index (χ3v) is 3.53. The van der Waals surface area contributed by atoms with Gasteiger partial charge in [-0.05, 0) is 6.92 Å². The van der Waals surface area contributed by atoms with Crippen LogP contribution >= 0.6 is 0 Å². The minimum absolute atomic E-state index is 0.142. The minimum atomic E-state index is -0.710. The van der Waals surface area contributed by atoms with Gasteiger partial charge in [0, 0.05) is 18.2 Å². The van der Waals surface area contributed by atoms with Gasteiger partial charge in [0.05, 0.1) is 13.2 Å². The molecule has 2 bridgehead atoms. The number of aromatic amines is 1. The molecule has 3 rings (SSSR count). The maximum Gasteiger partial charge on any atom is 0.330 e. The van der Waals surface area contributed by atoms with Gasteiger partial charge in [0.2, 0.25) is 0 Å². The van der Waals surface area contributed by atoms with Gasteiger partial charge in [-0.25, -0.2) is 4.79 Å². The second kappa shape index (κ2) is 3.78. The molecule has 3 atom stereocenters. The van der Waals surface area contributed by atoms with Gasteiger partial charge in [0.1, 0.15) is 11.7 Å². The highest BCUT2D eigenvalue weighted by Gasteiger charge is 2.54. The van der Waals surface area contributed by atoms with Crippen LogP contribution in [-0.2, 0) is 9.47 Å². The van der Waals surface area contributed by atoms with E-state index in [0.717, 1.165) is 0 Å². The van der Waals surface area contributed by atoms with Crippen LogP contribution in [0.15, 0.2) is 15.8 Å². The number of aromatic nitrogens is 2. The first-order chi connectivity index (χ1) is 8.54. The number of aliphatic hydroxyl groups is 1. The molecular weight excluding hydrogens is 240 g/mol. The average Bonchev–Trinajstić information content (AvgIpc) is 2.92. The second-order valence-electron chi connectivity index (χ2n) is 4.88. The maximum atomic E-state index is 11.8. The first kappa shape index (κ1) is 11.6. The number of ether oxygens (including phenoxy) is 2. The molecule has 2 saturated heterocycles. The Bertz CT molecular complexity index is 592. The second-order valence-corrected chi connectivity index (χ2v) is 4.88. The number of nitrogens with one attached hydrogen (secondary N) is 1. The summed E-state index contributed by atoms with van der Waals surface area (Å²) < 4.78 is 12.5. The molecule has 1 aromatic rings. The van der Waals surface area contributed by atoms with E-state index in [9.17, 15) is 14.7 Å². The maximum absolute atomic E-state index is 11.8. The molecule has 0 aromatic carbocycles. The Balaban J connectivity index is 2.01. The van der Waals surface area contributed by atoms with Crippen molar-refractivity contribution in [1.82, 2.24) is 9.55 Å². The van der Waals surface area contributed by atoms with E-state index < -0.39 is 23.1 Å². The Kier molecular flexibility index (Phi) is 2.44. The van der Waals surface area contributed by atoms with E-state index in [4.69, 9.17) is 9.47 Å². The van der Waals surface area contributed by atoms with E-state index in [-0.39, 0.29) is 12.7 Å². The molecule has 1 unspecified atom stereocenters. The highest BCUT2D eigenvalue weighted by molar-refractivity contribution is 5.05. The van der Waals surface area contributed by atoms with Crippen LogP contribution < -0.4 is 11.2 Å². The summed E-state index contributed by atoms with van der Waals surface area (Å²) in [4.78, 5) is 25.3. The Morgan fingerprint density at radius 3 is 3.06 bits per heavy atom. The first-order valence-corrected chi connectivity index (χ1v) is 5.77. The van der Waals surface area contributed by atoms with Gasteiger partial charge in [-0.2, -0.15) is 0 Å². The predicted molar refractivity (Wildman–Crippen MR) is 60.4 cm³/mol. The van der Waals surface area contributed by atoms with Crippen molar-refractivity contribution in [1.29, 1.82) is 0 Å². The molecule has 1 aromatic heterocycles. The molecule has 3 heterocycles. The van der Waals surface area contributed by atoms with E-state index in [2.05, 4.69) is 4.98 Å². The highest BCUT2D eigenvalue weighted by Crippen LogP contribution is 2.43. The zero-order chi connectivity index (χ0) is 12.9. The normalized spacial score (nSPS) is 34.1. The Labute approximate surface area is 102 Å². The third-order valence-electron chi connectivity index (χ3n) is 3.53. The summed E-state index contributed by atoms with van der Waals surface area (Å²) in [7, 11) is 0. The summed E-state index contributed by atoms with van der Waals surface area (Å²) in [5.41, 5.74) is -1.21. The topological polar surface area (TPSA) is 93.6 Å². The van der Waals surface area contributed by atoms with Gasteiger partial charge in [-0.15, -0.1) is 0 Å². The van der Waals surface area contributed by atoms with Crippen molar-refractivity contribution in [2.75, 3.05) is 13.2 Å². The molecule has 7 nitrogen and oxygen atoms in total. The number of rotatable bonds is 2. The van der Waals surface area contributed by atoms with E-state index in [1.807, 2.05) is 0 Å². The molecular formula is C11H14N2O5. The monoisotopic (exact) mass is 254 g/mol. The van der Waals surface area contributed by atoms with Crippen LogP contribution in [0.3, 0.4) is 0 Å². The molecule has 98 valence electrons. The fourth-order valence-corrected chi connectivity index (χ4v) is 2.50. The quantitative estimate of drug-likeness (QED) is 0.698. The number of hydrogen-bond acceptors (Lipinski definition) is 5. The lowest BCUT2D eigenvalue weighted by atomic mass is 10.0. The van der Waals surface area contributed by atoms with Crippen LogP contribution in [0.2, 0.25) is 0 Å². The molecule has 2 aliphatic heterocycles. The van der Waals surface area contributed by atoms with Crippen molar-refractivity contribution < 1.29 is 14.6 Å². The van der Waals surface area contributed by atoms with Gasteiger partial charge in [0.15, 0.2) is 6.23 Å². The van der Waals surface area contributed by atoms with Crippen LogP contribution in [0.1, 0.15) is 18.2 Å². The van der Waals surface area contributed by atoms with Gasteiger partial charge < -0.3 is 14.6 Å². The van der Waals surface area contributed by atoms with Gasteiger partial charge in [0.25, 0.3) is 5.56 Å². The van der Waals surface area contributed by atoms with Crippen molar-refractivity contribution in [3.63, 3.8) is 0 Å². The summed E-state index contributed by atoms with van der Waals surface area (Å²) >= 11 is 0. The lowest BCUT2D eigenvalue weighted by Gasteiger charge is -2.29. The van der Waals surface area contributed by atoms with Gasteiger partial charge >= 0.3 is 5.69 Å². The SMILES string of the molecule is Cc1cn([C@@H]2O[C@@]3(CO)COC2C3)c(=O)[nH]c1=O. The van der Waals surface area contributed by atoms with Crippen molar-refractivity contribution in [2.45, 2.75) is 31.3 Å². The molecule has 2 N–H and O–H groups in total. The molecule has 0 spiro atoms. The lowest BCUT2D eigenvalue weighted by Crippen LogP contribution is -2.42. The number of H-pyrrole nitrogens is 1. The Morgan fingerprint density at radius 2 is 2.39 bits per heavy atom. The van der Waals surface area contributed by atoms with Gasteiger partial charge in [-0.1, -0.05) is 0 Å². The summed E-state index contributed by atoms with van der Waals surface area (Å²) in [6, 6.07) is 0. The minimum Gasteiger partial charge on any atom is -0.393 e. The largest absolute Gasteiger partial charge is 0.393 e. The standard InChI is InChI=1S/C11H14N2O5/c1-6-3-13(10(16)12-8(6)15)9-7-2-11(4-14,18-9)5-17-7/h3,7,9,14H,2,4-5H2,1H3,(H,12,15,16)/t7?,9-,11+/m1/s1. The van der Waals surface area contributed by atoms with Crippen LogP contribution in [0.5, 0.6) is 0 Å². The van der Waals surface area contributed by atoms with Crippen LogP contribution in [0, 0.1) is 6.92 Å². The number of fused-ring (bicyclic) bond motifs is 2. The molecule has 0 saturated carbocycles. The third kappa shape index (κ3) is 1.55. The van der Waals surface area contributed by atoms with Crippen molar-refractivity contribution in [3.8, 4) is 0 Å². The van der Waals surface area contributed by atoms with Crippen LogP contribution in [0.25, 0.3) is 0 Å². The Morgan fingerprint density at radius 1 is 1.61 bits per heavy atom. The van der Waals surface area contributed by atoms with E-state index in [1.165, 1.54) is 10.8 Å². The Hall–Kier alpha value is -1.44. The number of nitrogens with zero attached hydrogens (tertiary/aromatic N) is 1. The van der Waals surface area contributed by atoms with E-state index in [1.54, 1.807) is 6.92 Å². The molecule has 7 heteroatoms. The van der Waals surface area contributed by atoms with E-state index >= 15 is 0 Å². The van der Waals surface area contributed by atoms with Crippen LogP contribution in [0.4, 0.5) is 0 Å². The predicted octanol–water partition coefficient (Wildman–Crippen LogP) is -1.11. The molecule has 2 aliphatic rings. The number of aliphatic hydroxyl groups excluding tert-OH is 1. The molecule has 18 heavy (non-hydrogen) atoms. The number of aryl methyl sites for hydroxylation is 1. The molecule has 0 amide bonds. The lowest BCUT2D eigenvalue weighted by molar-refractivity contribution is -0.184. The zero-order valence-electron chi connectivity index (χ0n) is 9.88. The molecule has 2 fully saturated rings. The summed E-state index contributed by atoms with van der Waals surface area (Å²) in [6.07, 6.45) is 1.16. The smallest absolute Gasteiger partial charge is 0.330 e. The highest BCUT2D eigenvalue weighted by atomic mass is 16.6. The van der Waals surface area contributed by atoms with E-state index in [0.29, 0.717) is 18.6 Å². The zero-order valence-corrected chi connectivity index (χ0v) is 9.88. The van der Waals surface area contributed by atoms with Crippen molar-refractivity contribution in [2.24, 2.45) is 0 Å². The first-order valence-electron chi connectivity index (χ1n) is 5.77. The summed E-state index contributed by atoms with van der Waals surface area (Å²) in [6.45, 7) is 1.81.